The van der Waals surface area contributed by atoms with E-state index >= 15 is 0 Å². The van der Waals surface area contributed by atoms with E-state index in [0.717, 1.165) is 6.07 Å². The molecule has 184 valence electrons. The van der Waals surface area contributed by atoms with Crippen LogP contribution in [0.3, 0.4) is 0 Å². The van der Waals surface area contributed by atoms with Crippen LogP contribution >= 0.6 is 11.6 Å². The van der Waals surface area contributed by atoms with Crippen molar-refractivity contribution in [2.75, 3.05) is 18.4 Å². The standard InChI is InChI=1S/C26H21ClF2N4O3/c27-21-4-2-1-3-19(21)25-24-18(9-12-33(25)36)20(17-6-5-15(28)13-22(17)29)14-23(31-24)30-16-7-10-32(11-8-16)26(34)35/h1-6,9,12-14,16H,7-8,10-11H2,(H,30,31)(H,34,35). The van der Waals surface area contributed by atoms with Crippen LogP contribution in [0.5, 0.6) is 0 Å². The third-order valence-corrected chi connectivity index (χ3v) is 6.68. The SMILES string of the molecule is O=C(O)N1CCC(Nc2cc(-c3ccc(F)cc3F)c3cc[n+]([O-])c(-c4ccccc4Cl)c3n2)CC1. The van der Waals surface area contributed by atoms with Crippen molar-refractivity contribution in [1.29, 1.82) is 0 Å². The number of hydrogen-bond acceptors (Lipinski definition) is 4. The fourth-order valence-electron chi connectivity index (χ4n) is 4.55. The summed E-state index contributed by atoms with van der Waals surface area (Å²) in [4.78, 5) is 17.3. The smallest absolute Gasteiger partial charge is 0.407 e. The molecule has 0 spiro atoms. The van der Waals surface area contributed by atoms with Crippen LogP contribution in [0.25, 0.3) is 33.3 Å². The van der Waals surface area contributed by atoms with E-state index in [1.54, 1.807) is 36.4 Å². The van der Waals surface area contributed by atoms with Crippen LogP contribution in [0, 0.1) is 16.8 Å². The number of rotatable bonds is 4. The maximum atomic E-state index is 14.9. The molecule has 2 N–H and O–H groups in total. The number of fused-ring (bicyclic) bond motifs is 1. The Morgan fingerprint density at radius 3 is 2.53 bits per heavy atom. The van der Waals surface area contributed by atoms with Crippen LogP contribution in [0.4, 0.5) is 19.4 Å². The Balaban J connectivity index is 1.68. The van der Waals surface area contributed by atoms with Gasteiger partial charge in [-0.05, 0) is 48.7 Å². The van der Waals surface area contributed by atoms with Gasteiger partial charge in [0.2, 0.25) is 0 Å². The van der Waals surface area contributed by atoms with Gasteiger partial charge in [-0.25, -0.2) is 18.6 Å². The van der Waals surface area contributed by atoms with E-state index < -0.39 is 17.7 Å². The molecule has 0 radical (unpaired) electrons. The summed E-state index contributed by atoms with van der Waals surface area (Å²) in [5.41, 5.74) is 1.54. The number of pyridine rings is 2. The molecule has 1 aliphatic rings. The summed E-state index contributed by atoms with van der Waals surface area (Å²) in [6.45, 7) is 0.733. The van der Waals surface area contributed by atoms with Crippen molar-refractivity contribution in [3.05, 3.63) is 82.7 Å². The van der Waals surface area contributed by atoms with Gasteiger partial charge in [-0.1, -0.05) is 23.7 Å². The molecule has 0 atom stereocenters. The largest absolute Gasteiger partial charge is 0.618 e. The summed E-state index contributed by atoms with van der Waals surface area (Å²) in [5, 5.41) is 26.3. The Morgan fingerprint density at radius 2 is 1.83 bits per heavy atom. The minimum Gasteiger partial charge on any atom is -0.618 e. The van der Waals surface area contributed by atoms with Crippen molar-refractivity contribution in [3.8, 4) is 22.4 Å². The molecule has 4 aromatic rings. The van der Waals surface area contributed by atoms with Gasteiger partial charge in [0.25, 0.3) is 5.69 Å². The van der Waals surface area contributed by atoms with E-state index in [0.29, 0.717) is 63.5 Å². The molecule has 5 rings (SSSR count). The highest BCUT2D eigenvalue weighted by Crippen LogP contribution is 2.37. The number of piperidine rings is 1. The van der Waals surface area contributed by atoms with Crippen LogP contribution in [-0.2, 0) is 0 Å². The molecule has 3 heterocycles. The number of halogens is 3. The molecule has 2 aromatic carbocycles. The van der Waals surface area contributed by atoms with Crippen molar-refractivity contribution in [2.24, 2.45) is 0 Å². The molecule has 7 nitrogen and oxygen atoms in total. The molecule has 0 bridgehead atoms. The van der Waals surface area contributed by atoms with E-state index in [1.165, 1.54) is 23.2 Å². The maximum Gasteiger partial charge on any atom is 0.407 e. The lowest BCUT2D eigenvalue weighted by Gasteiger charge is -2.30. The van der Waals surface area contributed by atoms with Gasteiger partial charge < -0.3 is 20.5 Å². The molecular weight excluding hydrogens is 490 g/mol. The summed E-state index contributed by atoms with van der Waals surface area (Å²) < 4.78 is 29.2. The maximum absolute atomic E-state index is 14.9. The van der Waals surface area contributed by atoms with Gasteiger partial charge in [0.1, 0.15) is 23.0 Å². The van der Waals surface area contributed by atoms with Crippen molar-refractivity contribution >= 4 is 34.4 Å². The van der Waals surface area contributed by atoms with Crippen molar-refractivity contribution in [2.45, 2.75) is 18.9 Å². The molecule has 1 saturated heterocycles. The molecule has 0 unspecified atom stereocenters. The highest BCUT2D eigenvalue weighted by Gasteiger charge is 2.25. The Labute approximate surface area is 210 Å². The van der Waals surface area contributed by atoms with Gasteiger partial charge in [-0.15, -0.1) is 0 Å². The predicted molar refractivity (Wildman–Crippen MR) is 133 cm³/mol. The molecule has 0 aliphatic carbocycles. The van der Waals surface area contributed by atoms with Gasteiger partial charge in [0.05, 0.1) is 10.6 Å². The molecule has 36 heavy (non-hydrogen) atoms. The summed E-state index contributed by atoms with van der Waals surface area (Å²) in [7, 11) is 0. The first-order valence-electron chi connectivity index (χ1n) is 11.3. The Morgan fingerprint density at radius 1 is 1.08 bits per heavy atom. The number of benzene rings is 2. The number of hydrogen-bond donors (Lipinski definition) is 2. The Kier molecular flexibility index (Phi) is 6.32. The first kappa shape index (κ1) is 23.7. The minimum absolute atomic E-state index is 0.0803. The number of aromatic nitrogens is 2. The number of anilines is 1. The fourth-order valence-corrected chi connectivity index (χ4v) is 4.78. The number of likely N-dealkylation sites (tertiary alicyclic amines) is 1. The van der Waals surface area contributed by atoms with Crippen LogP contribution in [0.2, 0.25) is 5.02 Å². The third-order valence-electron chi connectivity index (χ3n) is 6.35. The predicted octanol–water partition coefficient (Wildman–Crippen LogP) is 5.69. The van der Waals surface area contributed by atoms with E-state index in [-0.39, 0.29) is 17.3 Å². The number of carbonyl (C=O) groups is 1. The second-order valence-corrected chi connectivity index (χ2v) is 9.01. The first-order valence-corrected chi connectivity index (χ1v) is 11.7. The summed E-state index contributed by atoms with van der Waals surface area (Å²) in [5.74, 6) is -1.07. The second-order valence-electron chi connectivity index (χ2n) is 8.60. The number of amides is 1. The van der Waals surface area contributed by atoms with Crippen LogP contribution in [0.15, 0.2) is 60.8 Å². The topological polar surface area (TPSA) is 92.4 Å². The zero-order valence-corrected chi connectivity index (χ0v) is 19.7. The third kappa shape index (κ3) is 4.49. The van der Waals surface area contributed by atoms with Crippen LogP contribution < -0.4 is 10.0 Å². The van der Waals surface area contributed by atoms with Crippen molar-refractivity contribution in [3.63, 3.8) is 0 Å². The fraction of sp³-hybridized carbons (Fsp3) is 0.192. The van der Waals surface area contributed by atoms with Crippen LogP contribution in [-0.4, -0.2) is 40.2 Å². The van der Waals surface area contributed by atoms with Crippen molar-refractivity contribution in [1.82, 2.24) is 9.88 Å². The molecule has 1 aliphatic heterocycles. The van der Waals surface area contributed by atoms with Gasteiger partial charge in [0.15, 0.2) is 6.20 Å². The monoisotopic (exact) mass is 510 g/mol. The van der Waals surface area contributed by atoms with E-state index in [1.807, 2.05) is 0 Å². The Hall–Kier alpha value is -3.98. The average Bonchev–Trinajstić information content (AvgIpc) is 2.85. The number of nitrogens with one attached hydrogen (secondary N) is 1. The van der Waals surface area contributed by atoms with E-state index in [2.05, 4.69) is 5.32 Å². The normalized spacial score (nSPS) is 14.2. The number of carboxylic acid groups (broad SMARTS) is 1. The summed E-state index contributed by atoms with van der Waals surface area (Å²) in [6, 6.07) is 13.3. The molecule has 10 heteroatoms. The van der Waals surface area contributed by atoms with E-state index in [9.17, 15) is 23.9 Å². The van der Waals surface area contributed by atoms with Gasteiger partial charge >= 0.3 is 6.09 Å². The lowest BCUT2D eigenvalue weighted by atomic mass is 9.98. The van der Waals surface area contributed by atoms with Gasteiger partial charge in [0, 0.05) is 42.2 Å². The first-order chi connectivity index (χ1) is 17.3. The molecule has 1 amide bonds. The molecule has 2 aromatic heterocycles. The zero-order chi connectivity index (χ0) is 25.4. The Bertz CT molecular complexity index is 1480. The highest BCUT2D eigenvalue weighted by molar-refractivity contribution is 6.33. The van der Waals surface area contributed by atoms with Gasteiger partial charge in [-0.2, -0.15) is 4.73 Å². The summed E-state index contributed by atoms with van der Waals surface area (Å²) >= 11 is 6.42. The van der Waals surface area contributed by atoms with E-state index in [4.69, 9.17) is 16.6 Å². The molecule has 0 saturated carbocycles. The van der Waals surface area contributed by atoms with Crippen LogP contribution in [0.1, 0.15) is 12.8 Å². The lowest BCUT2D eigenvalue weighted by molar-refractivity contribution is -0.592. The van der Waals surface area contributed by atoms with Gasteiger partial charge in [-0.3, -0.25) is 0 Å². The average molecular weight is 511 g/mol. The highest BCUT2D eigenvalue weighted by atomic mass is 35.5. The van der Waals surface area contributed by atoms with Crippen molar-refractivity contribution < 1.29 is 23.4 Å². The zero-order valence-electron chi connectivity index (χ0n) is 18.9. The second kappa shape index (κ2) is 9.58. The quantitative estimate of drug-likeness (QED) is 0.272. The summed E-state index contributed by atoms with van der Waals surface area (Å²) in [6.07, 6.45) is 1.46. The minimum atomic E-state index is -0.962. The lowest BCUT2D eigenvalue weighted by Crippen LogP contribution is -2.41. The molecule has 1 fully saturated rings. The molecular formula is C26H21ClF2N4O3. The number of nitrogens with zero attached hydrogens (tertiary/aromatic N) is 3.